The predicted octanol–water partition coefficient (Wildman–Crippen LogP) is 4.05. The molecule has 26 heavy (non-hydrogen) atoms. The summed E-state index contributed by atoms with van der Waals surface area (Å²) in [5, 5.41) is 12.4. The van der Waals surface area contributed by atoms with Crippen LogP contribution in [0.2, 0.25) is 0 Å². The molecule has 132 valence electrons. The van der Waals surface area contributed by atoms with Gasteiger partial charge in [0.15, 0.2) is 6.61 Å². The molecule has 3 rings (SSSR count). The maximum Gasteiger partial charge on any atom is 0.236 e. The van der Waals surface area contributed by atoms with Crippen LogP contribution in [0.5, 0.6) is 11.5 Å². The van der Waals surface area contributed by atoms with E-state index in [1.165, 1.54) is 5.56 Å². The summed E-state index contributed by atoms with van der Waals surface area (Å²) in [4.78, 5) is 4.16. The summed E-state index contributed by atoms with van der Waals surface area (Å²) in [5.74, 6) is 2.10. The summed E-state index contributed by atoms with van der Waals surface area (Å²) in [7, 11) is 1.61. The van der Waals surface area contributed by atoms with Gasteiger partial charge in [0.05, 0.1) is 7.11 Å². The number of methoxy groups -OCH3 is 1. The van der Waals surface area contributed by atoms with Gasteiger partial charge in [0, 0.05) is 6.54 Å². The smallest absolute Gasteiger partial charge is 0.236 e. The fourth-order valence-corrected chi connectivity index (χ4v) is 2.33. The van der Waals surface area contributed by atoms with Crippen LogP contribution in [-0.2, 0) is 13.2 Å². The molecule has 0 radical (unpaired) electrons. The number of aryl methyl sites for hydroxylation is 1. The minimum atomic E-state index is 0.132. The molecular formula is C20H19N3O3. The average molecular weight is 349 g/mol. The topological polar surface area (TPSA) is 80.3 Å². The van der Waals surface area contributed by atoms with Crippen LogP contribution < -0.4 is 14.8 Å². The lowest BCUT2D eigenvalue weighted by atomic mass is 10.1. The van der Waals surface area contributed by atoms with E-state index in [1.807, 2.05) is 37.3 Å². The Morgan fingerprint density at radius 3 is 2.42 bits per heavy atom. The van der Waals surface area contributed by atoms with E-state index in [0.29, 0.717) is 24.1 Å². The number of rotatable bonds is 7. The zero-order chi connectivity index (χ0) is 18.4. The number of nitrogens with one attached hydrogen (secondary N) is 1. The Balaban J connectivity index is 1.62. The van der Waals surface area contributed by atoms with Gasteiger partial charge in [0.25, 0.3) is 0 Å². The van der Waals surface area contributed by atoms with Crippen molar-refractivity contribution in [3.63, 3.8) is 0 Å². The van der Waals surface area contributed by atoms with Gasteiger partial charge in [-0.05, 0) is 36.8 Å². The van der Waals surface area contributed by atoms with Gasteiger partial charge in [-0.1, -0.05) is 29.8 Å². The monoisotopic (exact) mass is 349 g/mol. The van der Waals surface area contributed by atoms with Gasteiger partial charge < -0.3 is 19.2 Å². The molecule has 6 heteroatoms. The zero-order valence-corrected chi connectivity index (χ0v) is 14.7. The second-order valence-corrected chi connectivity index (χ2v) is 5.70. The van der Waals surface area contributed by atoms with Crippen LogP contribution in [0.4, 0.5) is 5.88 Å². The lowest BCUT2D eigenvalue weighted by molar-refractivity contribution is 0.264. The van der Waals surface area contributed by atoms with Crippen molar-refractivity contribution in [2.24, 2.45) is 0 Å². The Morgan fingerprint density at radius 2 is 1.77 bits per heavy atom. The Hall–Kier alpha value is -3.46. The van der Waals surface area contributed by atoms with Crippen molar-refractivity contribution < 1.29 is 13.9 Å². The minimum absolute atomic E-state index is 0.132. The van der Waals surface area contributed by atoms with Crippen molar-refractivity contribution in [1.82, 2.24) is 4.98 Å². The number of aromatic nitrogens is 1. The largest absolute Gasteiger partial charge is 0.497 e. The molecule has 0 aliphatic rings. The molecule has 2 aromatic carbocycles. The highest BCUT2D eigenvalue weighted by Crippen LogP contribution is 2.21. The molecule has 6 nitrogen and oxygen atoms in total. The van der Waals surface area contributed by atoms with Crippen LogP contribution >= 0.6 is 0 Å². The first-order valence-electron chi connectivity index (χ1n) is 8.14. The van der Waals surface area contributed by atoms with E-state index in [9.17, 15) is 5.26 Å². The first kappa shape index (κ1) is 17.4. The van der Waals surface area contributed by atoms with Gasteiger partial charge in [0.1, 0.15) is 17.6 Å². The minimum Gasteiger partial charge on any atom is -0.497 e. The fourth-order valence-electron chi connectivity index (χ4n) is 2.33. The van der Waals surface area contributed by atoms with Crippen molar-refractivity contribution in [2.45, 2.75) is 20.1 Å². The number of oxazole rings is 1. The molecule has 1 aromatic heterocycles. The highest BCUT2D eigenvalue weighted by atomic mass is 16.5. The quantitative estimate of drug-likeness (QED) is 0.693. The standard InChI is InChI=1S/C20H19N3O3/c1-14-3-5-15(6-4-14)12-22-20-18(11-21)23-19(26-20)13-25-17-9-7-16(24-2)8-10-17/h3-10,22H,12-13H2,1-2H3. The van der Waals surface area contributed by atoms with E-state index in [1.54, 1.807) is 31.4 Å². The molecule has 0 aliphatic carbocycles. The first-order chi connectivity index (χ1) is 12.7. The normalized spacial score (nSPS) is 10.2. The van der Waals surface area contributed by atoms with Crippen LogP contribution in [-0.4, -0.2) is 12.1 Å². The number of benzene rings is 2. The van der Waals surface area contributed by atoms with Crippen LogP contribution in [0.25, 0.3) is 0 Å². The molecule has 1 heterocycles. The Bertz CT molecular complexity index is 894. The predicted molar refractivity (Wildman–Crippen MR) is 97.0 cm³/mol. The maximum atomic E-state index is 9.24. The SMILES string of the molecule is COc1ccc(OCc2nc(C#N)c(NCc3ccc(C)cc3)o2)cc1. The Kier molecular flexibility index (Phi) is 5.40. The third-order valence-electron chi connectivity index (χ3n) is 3.77. The maximum absolute atomic E-state index is 9.24. The summed E-state index contributed by atoms with van der Waals surface area (Å²) in [6.07, 6.45) is 0. The van der Waals surface area contributed by atoms with Crippen molar-refractivity contribution in [1.29, 1.82) is 5.26 Å². The molecule has 0 aliphatic heterocycles. The molecule has 0 amide bonds. The molecule has 0 saturated heterocycles. The molecule has 0 atom stereocenters. The lowest BCUT2D eigenvalue weighted by Gasteiger charge is -2.05. The van der Waals surface area contributed by atoms with Gasteiger partial charge in [-0.3, -0.25) is 0 Å². The van der Waals surface area contributed by atoms with Gasteiger partial charge in [0.2, 0.25) is 17.5 Å². The fraction of sp³-hybridized carbons (Fsp3) is 0.200. The number of nitrogens with zero attached hydrogens (tertiary/aromatic N) is 2. The molecule has 3 aromatic rings. The number of hydrogen-bond acceptors (Lipinski definition) is 6. The van der Waals surface area contributed by atoms with E-state index in [0.717, 1.165) is 11.3 Å². The van der Waals surface area contributed by atoms with E-state index in [4.69, 9.17) is 13.9 Å². The van der Waals surface area contributed by atoms with E-state index in [2.05, 4.69) is 10.3 Å². The number of hydrogen-bond donors (Lipinski definition) is 1. The van der Waals surface area contributed by atoms with Crippen molar-refractivity contribution in [3.05, 3.63) is 71.2 Å². The number of anilines is 1. The van der Waals surface area contributed by atoms with E-state index in [-0.39, 0.29) is 12.3 Å². The molecule has 0 saturated carbocycles. The van der Waals surface area contributed by atoms with Gasteiger partial charge >= 0.3 is 0 Å². The lowest BCUT2D eigenvalue weighted by Crippen LogP contribution is -1.99. The van der Waals surface area contributed by atoms with Crippen LogP contribution in [0.1, 0.15) is 22.7 Å². The van der Waals surface area contributed by atoms with Gasteiger partial charge in [-0.15, -0.1) is 0 Å². The molecule has 0 fully saturated rings. The third kappa shape index (κ3) is 4.33. The highest BCUT2D eigenvalue weighted by Gasteiger charge is 2.13. The van der Waals surface area contributed by atoms with Crippen LogP contribution in [0, 0.1) is 18.3 Å². The van der Waals surface area contributed by atoms with Crippen molar-refractivity contribution in [2.75, 3.05) is 12.4 Å². The average Bonchev–Trinajstić information content (AvgIpc) is 3.08. The highest BCUT2D eigenvalue weighted by molar-refractivity contribution is 5.45. The van der Waals surface area contributed by atoms with Crippen LogP contribution in [0.3, 0.4) is 0 Å². The van der Waals surface area contributed by atoms with E-state index < -0.39 is 0 Å². The van der Waals surface area contributed by atoms with Crippen LogP contribution in [0.15, 0.2) is 52.9 Å². The molecule has 0 spiro atoms. The molecular weight excluding hydrogens is 330 g/mol. The number of nitriles is 1. The molecule has 0 unspecified atom stereocenters. The number of ether oxygens (including phenoxy) is 2. The Morgan fingerprint density at radius 1 is 1.08 bits per heavy atom. The van der Waals surface area contributed by atoms with Gasteiger partial charge in [-0.25, -0.2) is 0 Å². The van der Waals surface area contributed by atoms with Crippen molar-refractivity contribution >= 4 is 5.88 Å². The summed E-state index contributed by atoms with van der Waals surface area (Å²) < 4.78 is 16.4. The summed E-state index contributed by atoms with van der Waals surface area (Å²) in [6.45, 7) is 2.71. The second-order valence-electron chi connectivity index (χ2n) is 5.70. The third-order valence-corrected chi connectivity index (χ3v) is 3.77. The molecule has 0 bridgehead atoms. The van der Waals surface area contributed by atoms with E-state index >= 15 is 0 Å². The summed E-state index contributed by atoms with van der Waals surface area (Å²) >= 11 is 0. The van der Waals surface area contributed by atoms with Crippen molar-refractivity contribution in [3.8, 4) is 17.6 Å². The summed E-state index contributed by atoms with van der Waals surface area (Å²) in [6, 6.07) is 17.4. The van der Waals surface area contributed by atoms with Gasteiger partial charge in [-0.2, -0.15) is 10.2 Å². The second kappa shape index (κ2) is 8.08. The Labute approximate surface area is 152 Å². The first-order valence-corrected chi connectivity index (χ1v) is 8.14. The zero-order valence-electron chi connectivity index (χ0n) is 14.7. The molecule has 1 N–H and O–H groups in total. The summed E-state index contributed by atoms with van der Waals surface area (Å²) in [5.41, 5.74) is 2.50.